The molecule has 0 bridgehead atoms. The van der Waals surface area contributed by atoms with Gasteiger partial charge in [0, 0.05) is 19.1 Å². The highest BCUT2D eigenvalue weighted by Gasteiger charge is 2.41. The molecule has 0 aromatic carbocycles. The van der Waals surface area contributed by atoms with E-state index in [-0.39, 0.29) is 19.7 Å². The van der Waals surface area contributed by atoms with Crippen LogP contribution in [0, 0.1) is 0 Å². The van der Waals surface area contributed by atoms with E-state index in [1.165, 1.54) is 11.8 Å². The third-order valence-electron chi connectivity index (χ3n) is 3.08. The normalized spacial score (nSPS) is 24.4. The van der Waals surface area contributed by atoms with Gasteiger partial charge in [0.2, 0.25) is 0 Å². The number of aliphatic carboxylic acids is 1. The van der Waals surface area contributed by atoms with E-state index in [1.807, 2.05) is 5.32 Å². The predicted molar refractivity (Wildman–Crippen MR) is 66.7 cm³/mol. The highest BCUT2D eigenvalue weighted by Crippen LogP contribution is 2.21. The Bertz CT molecular complexity index is 412. The summed E-state index contributed by atoms with van der Waals surface area (Å²) in [5.41, 5.74) is -0.598. The molecule has 0 aromatic heterocycles. The molecule has 122 valence electrons. The maximum absolute atomic E-state index is 12.2. The van der Waals surface area contributed by atoms with Crippen LogP contribution in [0.25, 0.3) is 0 Å². The molecule has 1 fully saturated rings. The molecule has 1 aliphatic heterocycles. The van der Waals surface area contributed by atoms with E-state index in [0.29, 0.717) is 0 Å². The summed E-state index contributed by atoms with van der Waals surface area (Å²) in [7, 11) is 0. The van der Waals surface area contributed by atoms with Gasteiger partial charge in [0.1, 0.15) is 6.04 Å². The van der Waals surface area contributed by atoms with Crippen LogP contribution in [0.1, 0.15) is 20.8 Å². The molecule has 6 nitrogen and oxygen atoms in total. The second-order valence-corrected chi connectivity index (χ2v) is 5.73. The summed E-state index contributed by atoms with van der Waals surface area (Å²) in [4.78, 5) is 23.5. The average molecular weight is 312 g/mol. The molecule has 2 N–H and O–H groups in total. The van der Waals surface area contributed by atoms with Crippen LogP contribution in [0.3, 0.4) is 0 Å². The largest absolute Gasteiger partial charge is 0.480 e. The van der Waals surface area contributed by atoms with Crippen molar-refractivity contribution in [2.24, 2.45) is 0 Å². The number of nitrogens with zero attached hydrogens (tertiary/aromatic N) is 1. The molecule has 0 saturated carbocycles. The van der Waals surface area contributed by atoms with Crippen LogP contribution < -0.4 is 5.32 Å². The molecule has 9 heteroatoms. The Balaban J connectivity index is 2.68. The van der Waals surface area contributed by atoms with Crippen LogP contribution in [-0.2, 0) is 14.3 Å². The highest BCUT2D eigenvalue weighted by molar-refractivity contribution is 5.81. The molecule has 2 unspecified atom stereocenters. The van der Waals surface area contributed by atoms with E-state index in [9.17, 15) is 22.8 Å². The summed E-state index contributed by atoms with van der Waals surface area (Å²) in [5, 5.41) is 10.9. The second kappa shape index (κ2) is 6.18. The maximum atomic E-state index is 12.2. The van der Waals surface area contributed by atoms with Crippen LogP contribution in [0.15, 0.2) is 0 Å². The fourth-order valence-corrected chi connectivity index (χ4v) is 2.18. The number of morpholine rings is 1. The lowest BCUT2D eigenvalue weighted by atomic mass is 10.0. The quantitative estimate of drug-likeness (QED) is 0.795. The number of halogens is 3. The minimum Gasteiger partial charge on any atom is -0.480 e. The minimum atomic E-state index is -4.95. The summed E-state index contributed by atoms with van der Waals surface area (Å²) < 4.78 is 41.9. The van der Waals surface area contributed by atoms with Crippen molar-refractivity contribution in [1.29, 1.82) is 0 Å². The monoisotopic (exact) mass is 312 g/mol. The van der Waals surface area contributed by atoms with E-state index in [1.54, 1.807) is 13.8 Å². The minimum absolute atomic E-state index is 0.00836. The number of carboxylic acids is 1. The molecule has 2 atom stereocenters. The topological polar surface area (TPSA) is 78.9 Å². The van der Waals surface area contributed by atoms with E-state index in [4.69, 9.17) is 9.84 Å². The number of carbonyl (C=O) groups excluding carboxylic acids is 1. The number of ether oxygens (including phenoxy) is 1. The first-order valence-corrected chi connectivity index (χ1v) is 6.41. The zero-order valence-electron chi connectivity index (χ0n) is 12.0. The standard InChI is InChI=1S/C12H19F3N2O4/c1-7(16-10(20)12(13,14)15)4-17-6-11(2,3)21-5-8(17)9(18)19/h7-8H,4-6H2,1-3H3,(H,16,20)(H,18,19). The lowest BCUT2D eigenvalue weighted by molar-refractivity contribution is -0.175. The van der Waals surface area contributed by atoms with Crippen molar-refractivity contribution in [1.82, 2.24) is 10.2 Å². The molecule has 21 heavy (non-hydrogen) atoms. The van der Waals surface area contributed by atoms with Gasteiger partial charge in [-0.05, 0) is 20.8 Å². The molecule has 1 aliphatic rings. The van der Waals surface area contributed by atoms with Gasteiger partial charge < -0.3 is 15.2 Å². The number of nitrogens with one attached hydrogen (secondary N) is 1. The molecular formula is C12H19F3N2O4. The lowest BCUT2D eigenvalue weighted by Gasteiger charge is -2.42. The van der Waals surface area contributed by atoms with Gasteiger partial charge in [-0.15, -0.1) is 0 Å². The zero-order chi connectivity index (χ0) is 16.4. The number of carboxylic acid groups (broad SMARTS) is 1. The van der Waals surface area contributed by atoms with Gasteiger partial charge >= 0.3 is 18.1 Å². The third kappa shape index (κ3) is 5.16. The number of alkyl halides is 3. The first-order chi connectivity index (χ1) is 9.42. The predicted octanol–water partition coefficient (Wildman–Crippen LogP) is 0.617. The van der Waals surface area contributed by atoms with Crippen molar-refractivity contribution in [2.75, 3.05) is 19.7 Å². The van der Waals surface area contributed by atoms with Gasteiger partial charge in [-0.3, -0.25) is 14.5 Å². The van der Waals surface area contributed by atoms with E-state index >= 15 is 0 Å². The Labute approximate surface area is 120 Å². The Morgan fingerprint density at radius 1 is 1.48 bits per heavy atom. The molecule has 1 rings (SSSR count). The van der Waals surface area contributed by atoms with Crippen molar-refractivity contribution >= 4 is 11.9 Å². The molecule has 1 heterocycles. The number of carbonyl (C=O) groups is 2. The molecular weight excluding hydrogens is 293 g/mol. The summed E-state index contributed by atoms with van der Waals surface area (Å²) in [6.07, 6.45) is -4.95. The molecule has 1 amide bonds. The fourth-order valence-electron chi connectivity index (χ4n) is 2.18. The second-order valence-electron chi connectivity index (χ2n) is 5.73. The SMILES string of the molecule is CC(CN1CC(C)(C)OCC1C(=O)O)NC(=O)C(F)(F)F. The number of hydrogen-bond donors (Lipinski definition) is 2. The van der Waals surface area contributed by atoms with Crippen LogP contribution in [0.2, 0.25) is 0 Å². The fraction of sp³-hybridized carbons (Fsp3) is 0.833. The van der Waals surface area contributed by atoms with Crippen LogP contribution in [-0.4, -0.2) is 65.4 Å². The molecule has 0 spiro atoms. The number of hydrogen-bond acceptors (Lipinski definition) is 4. The van der Waals surface area contributed by atoms with Gasteiger partial charge in [0.25, 0.3) is 0 Å². The Morgan fingerprint density at radius 2 is 2.05 bits per heavy atom. The lowest BCUT2D eigenvalue weighted by Crippen LogP contribution is -2.60. The molecule has 0 aromatic rings. The first kappa shape index (κ1) is 17.7. The van der Waals surface area contributed by atoms with Gasteiger partial charge in [-0.25, -0.2) is 0 Å². The van der Waals surface area contributed by atoms with Crippen LogP contribution in [0.4, 0.5) is 13.2 Å². The zero-order valence-corrected chi connectivity index (χ0v) is 12.0. The van der Waals surface area contributed by atoms with Crippen molar-refractivity contribution < 1.29 is 32.6 Å². The maximum Gasteiger partial charge on any atom is 0.471 e. The third-order valence-corrected chi connectivity index (χ3v) is 3.08. The Morgan fingerprint density at radius 3 is 2.52 bits per heavy atom. The smallest absolute Gasteiger partial charge is 0.471 e. The Kier molecular flexibility index (Phi) is 5.21. The van der Waals surface area contributed by atoms with Gasteiger partial charge in [-0.1, -0.05) is 0 Å². The number of amides is 1. The van der Waals surface area contributed by atoms with Gasteiger partial charge in [-0.2, -0.15) is 13.2 Å². The van der Waals surface area contributed by atoms with Crippen molar-refractivity contribution in [2.45, 2.75) is 44.6 Å². The Hall–Kier alpha value is -1.35. The molecule has 1 saturated heterocycles. The van der Waals surface area contributed by atoms with Crippen LogP contribution in [0.5, 0.6) is 0 Å². The molecule has 0 radical (unpaired) electrons. The van der Waals surface area contributed by atoms with Crippen molar-refractivity contribution in [3.8, 4) is 0 Å². The van der Waals surface area contributed by atoms with Crippen molar-refractivity contribution in [3.05, 3.63) is 0 Å². The van der Waals surface area contributed by atoms with Gasteiger partial charge in [0.15, 0.2) is 0 Å². The van der Waals surface area contributed by atoms with E-state index in [0.717, 1.165) is 0 Å². The molecule has 0 aliphatic carbocycles. The highest BCUT2D eigenvalue weighted by atomic mass is 19.4. The number of rotatable bonds is 4. The summed E-state index contributed by atoms with van der Waals surface area (Å²) in [6.45, 7) is 5.10. The van der Waals surface area contributed by atoms with E-state index in [2.05, 4.69) is 0 Å². The summed E-state index contributed by atoms with van der Waals surface area (Å²) in [5.74, 6) is -3.14. The summed E-state index contributed by atoms with van der Waals surface area (Å²) in [6, 6.07) is -1.78. The van der Waals surface area contributed by atoms with Crippen LogP contribution >= 0.6 is 0 Å². The van der Waals surface area contributed by atoms with Crippen molar-refractivity contribution in [3.63, 3.8) is 0 Å². The average Bonchev–Trinajstić information content (AvgIpc) is 2.25. The van der Waals surface area contributed by atoms with E-state index < -0.39 is 35.7 Å². The first-order valence-electron chi connectivity index (χ1n) is 6.41. The summed E-state index contributed by atoms with van der Waals surface area (Å²) >= 11 is 0. The van der Waals surface area contributed by atoms with Gasteiger partial charge in [0.05, 0.1) is 12.2 Å².